The smallest absolute Gasteiger partial charge is 0.315 e. The number of nitrogens with zero attached hydrogens (tertiary/aromatic N) is 1. The van der Waals surface area contributed by atoms with E-state index in [4.69, 9.17) is 13.9 Å². The highest BCUT2D eigenvalue weighted by Gasteiger charge is 2.08. The summed E-state index contributed by atoms with van der Waals surface area (Å²) in [5.41, 5.74) is 1.69. The SMILES string of the molecule is CCOC(=O)CSCc1coc(-c2ccc(OC)cc2)n1. The van der Waals surface area contributed by atoms with Gasteiger partial charge in [0.05, 0.1) is 25.2 Å². The molecule has 0 radical (unpaired) electrons. The molecular formula is C15H17NO4S. The minimum atomic E-state index is -0.207. The van der Waals surface area contributed by atoms with E-state index in [1.54, 1.807) is 20.3 Å². The number of rotatable bonds is 7. The monoisotopic (exact) mass is 307 g/mol. The Morgan fingerprint density at radius 2 is 2.10 bits per heavy atom. The molecule has 1 aromatic heterocycles. The molecule has 1 aromatic carbocycles. The van der Waals surface area contributed by atoms with Gasteiger partial charge < -0.3 is 13.9 Å². The highest BCUT2D eigenvalue weighted by Crippen LogP contribution is 2.23. The number of thioether (sulfide) groups is 1. The number of hydrogen-bond donors (Lipinski definition) is 0. The summed E-state index contributed by atoms with van der Waals surface area (Å²) in [5, 5.41) is 0. The van der Waals surface area contributed by atoms with Crippen molar-refractivity contribution in [1.82, 2.24) is 4.98 Å². The molecule has 0 unspecified atom stereocenters. The molecule has 0 atom stereocenters. The molecule has 0 fully saturated rings. The van der Waals surface area contributed by atoms with E-state index in [1.807, 2.05) is 24.3 Å². The van der Waals surface area contributed by atoms with Gasteiger partial charge in [-0.25, -0.2) is 4.98 Å². The Balaban J connectivity index is 1.90. The molecule has 5 nitrogen and oxygen atoms in total. The first-order chi connectivity index (χ1) is 10.2. The highest BCUT2D eigenvalue weighted by atomic mass is 32.2. The van der Waals surface area contributed by atoms with Crippen molar-refractivity contribution in [2.24, 2.45) is 0 Å². The van der Waals surface area contributed by atoms with E-state index in [-0.39, 0.29) is 5.97 Å². The van der Waals surface area contributed by atoms with Gasteiger partial charge in [-0.3, -0.25) is 4.79 Å². The average Bonchev–Trinajstić information content (AvgIpc) is 2.96. The summed E-state index contributed by atoms with van der Waals surface area (Å²) < 4.78 is 15.4. The van der Waals surface area contributed by atoms with E-state index >= 15 is 0 Å². The van der Waals surface area contributed by atoms with Crippen LogP contribution in [-0.4, -0.2) is 30.4 Å². The molecular weight excluding hydrogens is 290 g/mol. The molecule has 0 N–H and O–H groups in total. The van der Waals surface area contributed by atoms with Gasteiger partial charge in [0.1, 0.15) is 12.0 Å². The first kappa shape index (κ1) is 15.4. The standard InChI is InChI=1S/C15H17NO4S/c1-3-19-14(17)10-21-9-12-8-20-15(16-12)11-4-6-13(18-2)7-5-11/h4-8H,3,9-10H2,1-2H3. The summed E-state index contributed by atoms with van der Waals surface area (Å²) in [7, 11) is 1.62. The van der Waals surface area contributed by atoms with Crippen LogP contribution in [0.15, 0.2) is 34.9 Å². The van der Waals surface area contributed by atoms with E-state index in [9.17, 15) is 4.79 Å². The summed E-state index contributed by atoms with van der Waals surface area (Å²) in [5.74, 6) is 2.07. The topological polar surface area (TPSA) is 61.6 Å². The van der Waals surface area contributed by atoms with Crippen LogP contribution in [0, 0.1) is 0 Å². The Labute approximate surface area is 127 Å². The summed E-state index contributed by atoms with van der Waals surface area (Å²) in [6.07, 6.45) is 1.61. The van der Waals surface area contributed by atoms with Gasteiger partial charge in [0.2, 0.25) is 5.89 Å². The zero-order valence-corrected chi connectivity index (χ0v) is 12.8. The lowest BCUT2D eigenvalue weighted by atomic mass is 10.2. The zero-order valence-electron chi connectivity index (χ0n) is 12.0. The van der Waals surface area contributed by atoms with Crippen molar-refractivity contribution in [2.75, 3.05) is 19.5 Å². The fraction of sp³-hybridized carbons (Fsp3) is 0.333. The van der Waals surface area contributed by atoms with Crippen molar-refractivity contribution in [2.45, 2.75) is 12.7 Å². The summed E-state index contributed by atoms with van der Waals surface area (Å²) in [4.78, 5) is 15.6. The van der Waals surface area contributed by atoms with Gasteiger partial charge in [-0.2, -0.15) is 0 Å². The Morgan fingerprint density at radius 3 is 2.76 bits per heavy atom. The lowest BCUT2D eigenvalue weighted by Crippen LogP contribution is -2.06. The molecule has 0 amide bonds. The van der Waals surface area contributed by atoms with Gasteiger partial charge in [0.15, 0.2) is 0 Å². The predicted octanol–water partition coefficient (Wildman–Crippen LogP) is 3.15. The lowest BCUT2D eigenvalue weighted by molar-refractivity contribution is -0.139. The summed E-state index contributed by atoms with van der Waals surface area (Å²) >= 11 is 1.45. The third-order valence-electron chi connectivity index (χ3n) is 2.66. The summed E-state index contributed by atoms with van der Waals surface area (Å²) in [6, 6.07) is 7.49. The molecule has 0 spiro atoms. The van der Waals surface area contributed by atoms with Crippen molar-refractivity contribution in [3.63, 3.8) is 0 Å². The largest absolute Gasteiger partial charge is 0.497 e. The molecule has 6 heteroatoms. The minimum Gasteiger partial charge on any atom is -0.497 e. The van der Waals surface area contributed by atoms with Crippen LogP contribution in [0.25, 0.3) is 11.5 Å². The molecule has 2 rings (SSSR count). The van der Waals surface area contributed by atoms with Crippen molar-refractivity contribution in [3.05, 3.63) is 36.2 Å². The van der Waals surface area contributed by atoms with Gasteiger partial charge in [0.25, 0.3) is 0 Å². The van der Waals surface area contributed by atoms with Crippen LogP contribution in [0.5, 0.6) is 5.75 Å². The Kier molecular flexibility index (Phi) is 5.68. The normalized spacial score (nSPS) is 10.4. The maximum atomic E-state index is 11.2. The second-order valence-electron chi connectivity index (χ2n) is 4.17. The lowest BCUT2D eigenvalue weighted by Gasteiger charge is -2.00. The van der Waals surface area contributed by atoms with Crippen molar-refractivity contribution in [1.29, 1.82) is 0 Å². The highest BCUT2D eigenvalue weighted by molar-refractivity contribution is 7.99. The molecule has 0 aliphatic heterocycles. The van der Waals surface area contributed by atoms with Crippen LogP contribution in [-0.2, 0) is 15.3 Å². The molecule has 1 heterocycles. The number of carbonyl (C=O) groups excluding carboxylic acids is 1. The number of ether oxygens (including phenoxy) is 2. The maximum Gasteiger partial charge on any atom is 0.315 e. The van der Waals surface area contributed by atoms with E-state index in [0.29, 0.717) is 24.0 Å². The number of esters is 1. The number of methoxy groups -OCH3 is 1. The van der Waals surface area contributed by atoms with Crippen LogP contribution in [0.4, 0.5) is 0 Å². The number of hydrogen-bond acceptors (Lipinski definition) is 6. The number of aromatic nitrogens is 1. The quantitative estimate of drug-likeness (QED) is 0.732. The van der Waals surface area contributed by atoms with Crippen LogP contribution < -0.4 is 4.74 Å². The average molecular weight is 307 g/mol. The van der Waals surface area contributed by atoms with E-state index in [1.165, 1.54) is 11.8 Å². The molecule has 0 saturated carbocycles. The molecule has 2 aromatic rings. The third kappa shape index (κ3) is 4.53. The predicted molar refractivity (Wildman–Crippen MR) is 81.3 cm³/mol. The van der Waals surface area contributed by atoms with Crippen LogP contribution in [0.1, 0.15) is 12.6 Å². The molecule has 112 valence electrons. The Bertz CT molecular complexity index is 580. The first-order valence-corrected chi connectivity index (χ1v) is 7.70. The van der Waals surface area contributed by atoms with E-state index in [0.717, 1.165) is 17.0 Å². The van der Waals surface area contributed by atoms with Gasteiger partial charge in [0, 0.05) is 11.3 Å². The molecule has 0 aliphatic carbocycles. The van der Waals surface area contributed by atoms with Gasteiger partial charge in [-0.1, -0.05) is 0 Å². The second kappa shape index (κ2) is 7.73. The Hall–Kier alpha value is -1.95. The maximum absolute atomic E-state index is 11.2. The number of oxazole rings is 1. The number of benzene rings is 1. The van der Waals surface area contributed by atoms with Crippen molar-refractivity contribution < 1.29 is 18.7 Å². The van der Waals surface area contributed by atoms with Gasteiger partial charge in [-0.15, -0.1) is 11.8 Å². The van der Waals surface area contributed by atoms with Crippen LogP contribution in [0.2, 0.25) is 0 Å². The fourth-order valence-corrected chi connectivity index (χ4v) is 2.37. The molecule has 0 bridgehead atoms. The van der Waals surface area contributed by atoms with E-state index in [2.05, 4.69) is 4.98 Å². The molecule has 0 aliphatic rings. The van der Waals surface area contributed by atoms with Crippen LogP contribution in [0.3, 0.4) is 0 Å². The molecule has 0 saturated heterocycles. The van der Waals surface area contributed by atoms with Gasteiger partial charge >= 0.3 is 5.97 Å². The minimum absolute atomic E-state index is 0.207. The van der Waals surface area contributed by atoms with Crippen molar-refractivity contribution >= 4 is 17.7 Å². The Morgan fingerprint density at radius 1 is 1.33 bits per heavy atom. The summed E-state index contributed by atoms with van der Waals surface area (Å²) in [6.45, 7) is 2.20. The second-order valence-corrected chi connectivity index (χ2v) is 5.16. The van der Waals surface area contributed by atoms with Crippen LogP contribution >= 0.6 is 11.8 Å². The fourth-order valence-electron chi connectivity index (χ4n) is 1.68. The van der Waals surface area contributed by atoms with Crippen molar-refractivity contribution in [3.8, 4) is 17.2 Å². The molecule has 21 heavy (non-hydrogen) atoms. The third-order valence-corrected chi connectivity index (χ3v) is 3.60. The number of carbonyl (C=O) groups is 1. The van der Waals surface area contributed by atoms with Gasteiger partial charge in [-0.05, 0) is 31.2 Å². The van der Waals surface area contributed by atoms with E-state index < -0.39 is 0 Å². The zero-order chi connectivity index (χ0) is 15.1. The first-order valence-electron chi connectivity index (χ1n) is 6.55.